The van der Waals surface area contributed by atoms with Crippen molar-refractivity contribution in [1.29, 1.82) is 0 Å². The zero-order valence-electron chi connectivity index (χ0n) is 15.6. The molecule has 4 atom stereocenters. The fourth-order valence-corrected chi connectivity index (χ4v) is 3.84. The van der Waals surface area contributed by atoms with Gasteiger partial charge in [-0.2, -0.15) is 0 Å². The molecule has 0 saturated carbocycles. The minimum absolute atomic E-state index is 0.388. The Labute approximate surface area is 123 Å². The van der Waals surface area contributed by atoms with Crippen LogP contribution in [0.1, 0.15) is 82.6 Å². The first kappa shape index (κ1) is 19.0. The van der Waals surface area contributed by atoms with Crippen LogP contribution in [0.2, 0.25) is 0 Å². The van der Waals surface area contributed by atoms with E-state index in [2.05, 4.69) is 76.2 Å². The van der Waals surface area contributed by atoms with Crippen LogP contribution >= 0.6 is 0 Å². The Morgan fingerprint density at radius 3 is 1.37 bits per heavy atom. The highest BCUT2D eigenvalue weighted by Gasteiger charge is 2.49. The van der Waals surface area contributed by atoms with E-state index in [9.17, 15) is 0 Å². The molecule has 0 bridgehead atoms. The van der Waals surface area contributed by atoms with Crippen LogP contribution in [0.25, 0.3) is 0 Å². The minimum Gasteiger partial charge on any atom is -0.0649 e. The minimum atomic E-state index is 0.388. The lowest BCUT2D eigenvalue weighted by atomic mass is 9.49. The first-order chi connectivity index (χ1) is 8.43. The van der Waals surface area contributed by atoms with E-state index in [1.54, 1.807) is 0 Å². The van der Waals surface area contributed by atoms with Crippen molar-refractivity contribution in [3.63, 3.8) is 0 Å². The van der Waals surface area contributed by atoms with Gasteiger partial charge >= 0.3 is 0 Å². The van der Waals surface area contributed by atoms with Crippen molar-refractivity contribution in [1.82, 2.24) is 0 Å². The summed E-state index contributed by atoms with van der Waals surface area (Å²) in [5, 5.41) is 0. The van der Waals surface area contributed by atoms with Gasteiger partial charge in [0.15, 0.2) is 0 Å². The van der Waals surface area contributed by atoms with Crippen molar-refractivity contribution in [2.24, 2.45) is 40.4 Å². The fraction of sp³-hybridized carbons (Fsp3) is 1.00. The third kappa shape index (κ3) is 3.56. The van der Waals surface area contributed by atoms with E-state index in [4.69, 9.17) is 0 Å². The second kappa shape index (κ2) is 6.64. The molecule has 0 aliphatic rings. The van der Waals surface area contributed by atoms with Crippen LogP contribution < -0.4 is 0 Å². The monoisotopic (exact) mass is 268 g/mol. The molecule has 19 heavy (non-hydrogen) atoms. The van der Waals surface area contributed by atoms with Gasteiger partial charge in [0, 0.05) is 0 Å². The smallest absolute Gasteiger partial charge is 0.0218 e. The van der Waals surface area contributed by atoms with Gasteiger partial charge in [-0.15, -0.1) is 0 Å². The Morgan fingerprint density at radius 1 is 0.684 bits per heavy atom. The molecule has 0 aliphatic carbocycles. The molecule has 0 heterocycles. The number of hydrogen-bond acceptors (Lipinski definition) is 0. The summed E-state index contributed by atoms with van der Waals surface area (Å²) in [6, 6.07) is 0. The molecular weight excluding hydrogens is 228 g/mol. The van der Waals surface area contributed by atoms with E-state index in [0.29, 0.717) is 10.8 Å². The molecule has 0 spiro atoms. The van der Waals surface area contributed by atoms with Crippen molar-refractivity contribution in [3.8, 4) is 0 Å². The largest absolute Gasteiger partial charge is 0.0649 e. The molecule has 0 fully saturated rings. The van der Waals surface area contributed by atoms with Crippen molar-refractivity contribution < 1.29 is 0 Å². The molecule has 0 aromatic heterocycles. The van der Waals surface area contributed by atoms with Crippen LogP contribution in [0.3, 0.4) is 0 Å². The molecule has 0 amide bonds. The maximum Gasteiger partial charge on any atom is -0.0218 e. The first-order valence-electron chi connectivity index (χ1n) is 8.43. The van der Waals surface area contributed by atoms with E-state index < -0.39 is 0 Å². The topological polar surface area (TPSA) is 0 Å². The van der Waals surface area contributed by atoms with Gasteiger partial charge in [-0.05, 0) is 40.4 Å². The second-order valence-corrected chi connectivity index (χ2v) is 8.44. The third-order valence-electron chi connectivity index (χ3n) is 7.07. The molecule has 116 valence electrons. The van der Waals surface area contributed by atoms with E-state index in [1.807, 2.05) is 0 Å². The summed E-state index contributed by atoms with van der Waals surface area (Å²) in [6.45, 7) is 26.8. The molecule has 0 aromatic rings. The summed E-state index contributed by atoms with van der Waals surface area (Å²) in [4.78, 5) is 0. The quantitative estimate of drug-likeness (QED) is 0.485. The summed E-state index contributed by atoms with van der Waals surface area (Å²) in [7, 11) is 0. The molecule has 0 aliphatic heterocycles. The van der Waals surface area contributed by atoms with Gasteiger partial charge < -0.3 is 0 Å². The maximum atomic E-state index is 2.56. The number of hydrogen-bond donors (Lipinski definition) is 0. The van der Waals surface area contributed by atoms with E-state index in [0.717, 1.165) is 29.6 Å². The van der Waals surface area contributed by atoms with E-state index >= 15 is 0 Å². The molecule has 0 saturated heterocycles. The summed E-state index contributed by atoms with van der Waals surface area (Å²) in [5.74, 6) is 3.79. The van der Waals surface area contributed by atoms with Crippen LogP contribution in [0, 0.1) is 40.4 Å². The van der Waals surface area contributed by atoms with Gasteiger partial charge in [0.1, 0.15) is 0 Å². The molecule has 0 N–H and O–H groups in total. The zero-order chi connectivity index (χ0) is 15.6. The summed E-state index contributed by atoms with van der Waals surface area (Å²) in [5.41, 5.74) is 0.777. The summed E-state index contributed by atoms with van der Waals surface area (Å²) in [6.07, 6.45) is 1.26. The Hall–Kier alpha value is 0. The van der Waals surface area contributed by atoms with Crippen LogP contribution in [-0.2, 0) is 0 Å². The highest BCUT2D eigenvalue weighted by molar-refractivity contribution is 4.98. The highest BCUT2D eigenvalue weighted by atomic mass is 14.5. The summed E-state index contributed by atoms with van der Waals surface area (Å²) >= 11 is 0. The molecule has 0 radical (unpaired) electrons. The van der Waals surface area contributed by atoms with Gasteiger partial charge in [0.05, 0.1) is 0 Å². The standard InChI is InChI=1S/C19H40/c1-12-18(9,10)19(11,16(7)14(4)5)17(8)15(6)13(2)3/h13-17H,12H2,1-11H3. The Balaban J connectivity index is 5.65. The predicted octanol–water partition coefficient (Wildman–Crippen LogP) is 6.65. The van der Waals surface area contributed by atoms with Crippen molar-refractivity contribution in [3.05, 3.63) is 0 Å². The molecular formula is C19H40. The van der Waals surface area contributed by atoms with Gasteiger partial charge in [-0.3, -0.25) is 0 Å². The normalized spacial score (nSPS) is 21.3. The maximum absolute atomic E-state index is 2.56. The Kier molecular flexibility index (Phi) is 6.64. The second-order valence-electron chi connectivity index (χ2n) is 8.44. The van der Waals surface area contributed by atoms with Crippen LogP contribution in [-0.4, -0.2) is 0 Å². The lowest BCUT2D eigenvalue weighted by Gasteiger charge is -2.55. The third-order valence-corrected chi connectivity index (χ3v) is 7.07. The molecule has 0 aromatic carbocycles. The highest BCUT2D eigenvalue weighted by Crippen LogP contribution is 2.56. The average Bonchev–Trinajstić information content (AvgIpc) is 2.34. The van der Waals surface area contributed by atoms with Crippen molar-refractivity contribution in [2.45, 2.75) is 82.6 Å². The molecule has 0 rings (SSSR count). The van der Waals surface area contributed by atoms with Crippen LogP contribution in [0.15, 0.2) is 0 Å². The lowest BCUT2D eigenvalue weighted by Crippen LogP contribution is -2.49. The Morgan fingerprint density at radius 2 is 1.11 bits per heavy atom. The Bertz CT molecular complexity index is 261. The van der Waals surface area contributed by atoms with Crippen LogP contribution in [0.5, 0.6) is 0 Å². The van der Waals surface area contributed by atoms with E-state index in [-0.39, 0.29) is 0 Å². The van der Waals surface area contributed by atoms with Gasteiger partial charge in [-0.25, -0.2) is 0 Å². The fourth-order valence-electron chi connectivity index (χ4n) is 3.84. The van der Waals surface area contributed by atoms with Crippen molar-refractivity contribution >= 4 is 0 Å². The SMILES string of the molecule is CCC(C)(C)C(C)(C(C)C(C)C)C(C)C(C)C(C)C. The average molecular weight is 269 g/mol. The van der Waals surface area contributed by atoms with E-state index in [1.165, 1.54) is 6.42 Å². The predicted molar refractivity (Wildman–Crippen MR) is 89.3 cm³/mol. The summed E-state index contributed by atoms with van der Waals surface area (Å²) < 4.78 is 0. The molecule has 0 heteroatoms. The van der Waals surface area contributed by atoms with Crippen molar-refractivity contribution in [2.75, 3.05) is 0 Å². The van der Waals surface area contributed by atoms with Gasteiger partial charge in [0.2, 0.25) is 0 Å². The van der Waals surface area contributed by atoms with Gasteiger partial charge in [0.25, 0.3) is 0 Å². The lowest BCUT2D eigenvalue weighted by molar-refractivity contribution is -0.0711. The van der Waals surface area contributed by atoms with Gasteiger partial charge in [-0.1, -0.05) is 82.6 Å². The first-order valence-corrected chi connectivity index (χ1v) is 8.43. The zero-order valence-corrected chi connectivity index (χ0v) is 15.6. The number of rotatable bonds is 7. The molecule has 4 unspecified atom stereocenters. The molecule has 0 nitrogen and oxygen atoms in total. The van der Waals surface area contributed by atoms with Crippen LogP contribution in [0.4, 0.5) is 0 Å².